The van der Waals surface area contributed by atoms with Crippen LogP contribution in [0.5, 0.6) is 0 Å². The fourth-order valence-corrected chi connectivity index (χ4v) is 2.98. The number of hydrogen-bond acceptors (Lipinski definition) is 2. The average molecular weight is 271 g/mol. The lowest BCUT2D eigenvalue weighted by Gasteiger charge is -2.01. The molecule has 74 valence electrons. The first-order valence-corrected chi connectivity index (χ1v) is 6.42. The van der Waals surface area contributed by atoms with E-state index in [1.807, 2.05) is 5.38 Å². The summed E-state index contributed by atoms with van der Waals surface area (Å²) in [5, 5.41) is 13.3. The molecule has 0 aliphatic carbocycles. The first-order chi connectivity index (χ1) is 6.76. The number of fused-ring (bicyclic) bond motifs is 1. The Morgan fingerprint density at radius 2 is 2.21 bits per heavy atom. The molecule has 0 fully saturated rings. The molecule has 0 radical (unpaired) electrons. The van der Waals surface area contributed by atoms with Crippen LogP contribution in [-0.4, -0.2) is 5.11 Å². The van der Waals surface area contributed by atoms with E-state index in [0.717, 1.165) is 10.9 Å². The topological polar surface area (TPSA) is 20.2 Å². The van der Waals surface area contributed by atoms with E-state index >= 15 is 0 Å². The molecule has 1 aromatic heterocycles. The van der Waals surface area contributed by atoms with E-state index in [1.54, 1.807) is 11.3 Å². The number of aliphatic hydroxyl groups is 1. The van der Waals surface area contributed by atoms with Gasteiger partial charge < -0.3 is 5.11 Å². The zero-order valence-electron chi connectivity index (χ0n) is 7.88. The molecule has 0 amide bonds. The summed E-state index contributed by atoms with van der Waals surface area (Å²) in [6.45, 7) is 2.25. The monoisotopic (exact) mass is 270 g/mol. The molecule has 1 aromatic carbocycles. The highest BCUT2D eigenvalue weighted by atomic mass is 79.9. The Hall–Kier alpha value is -0.380. The van der Waals surface area contributed by atoms with Gasteiger partial charge in [0.2, 0.25) is 0 Å². The number of rotatable bonds is 2. The van der Waals surface area contributed by atoms with Crippen LogP contribution in [-0.2, 0) is 11.9 Å². The van der Waals surface area contributed by atoms with E-state index in [2.05, 4.69) is 35.0 Å². The van der Waals surface area contributed by atoms with Crippen LogP contribution in [0.25, 0.3) is 10.1 Å². The molecule has 0 atom stereocenters. The second-order valence-electron chi connectivity index (χ2n) is 3.34. The van der Waals surface area contributed by atoms with Crippen molar-refractivity contribution in [2.45, 2.75) is 18.9 Å². The summed E-state index contributed by atoms with van der Waals surface area (Å²) in [5.41, 5.74) is 3.60. The quantitative estimate of drug-likeness (QED) is 0.827. The SMILES string of the molecule is Cc1cc(CBr)cc2c(CO)csc12. The summed E-state index contributed by atoms with van der Waals surface area (Å²) in [5.74, 6) is 0. The Labute approximate surface area is 95.5 Å². The van der Waals surface area contributed by atoms with Gasteiger partial charge in [0.25, 0.3) is 0 Å². The van der Waals surface area contributed by atoms with Gasteiger partial charge in [0, 0.05) is 10.0 Å². The van der Waals surface area contributed by atoms with Gasteiger partial charge in [-0.15, -0.1) is 11.3 Å². The standard InChI is InChI=1S/C11H11BrOS/c1-7-2-8(4-12)3-10-9(5-13)6-14-11(7)10/h2-3,6,13H,4-5H2,1H3. The predicted molar refractivity (Wildman–Crippen MR) is 65.1 cm³/mol. The molecule has 0 unspecified atom stereocenters. The highest BCUT2D eigenvalue weighted by molar-refractivity contribution is 9.08. The van der Waals surface area contributed by atoms with Crippen molar-refractivity contribution in [2.24, 2.45) is 0 Å². The molecular formula is C11H11BrOS. The molecule has 1 N–H and O–H groups in total. The maximum Gasteiger partial charge on any atom is 0.0696 e. The van der Waals surface area contributed by atoms with Gasteiger partial charge in [0.15, 0.2) is 0 Å². The molecular weight excluding hydrogens is 260 g/mol. The van der Waals surface area contributed by atoms with Crippen molar-refractivity contribution in [1.82, 2.24) is 0 Å². The van der Waals surface area contributed by atoms with Gasteiger partial charge in [-0.1, -0.05) is 22.0 Å². The van der Waals surface area contributed by atoms with E-state index in [4.69, 9.17) is 0 Å². The van der Waals surface area contributed by atoms with Gasteiger partial charge in [-0.05, 0) is 40.4 Å². The molecule has 0 spiro atoms. The Bertz CT molecular complexity index is 462. The van der Waals surface area contributed by atoms with Gasteiger partial charge >= 0.3 is 0 Å². The second-order valence-corrected chi connectivity index (χ2v) is 4.78. The van der Waals surface area contributed by atoms with Crippen LogP contribution in [0.3, 0.4) is 0 Å². The van der Waals surface area contributed by atoms with E-state index in [1.165, 1.54) is 21.2 Å². The third kappa shape index (κ3) is 1.60. The average Bonchev–Trinajstić information content (AvgIpc) is 2.61. The van der Waals surface area contributed by atoms with Crippen molar-refractivity contribution in [3.05, 3.63) is 34.2 Å². The minimum Gasteiger partial charge on any atom is -0.392 e. The minimum absolute atomic E-state index is 0.130. The van der Waals surface area contributed by atoms with E-state index in [-0.39, 0.29) is 6.61 Å². The number of alkyl halides is 1. The highest BCUT2D eigenvalue weighted by Gasteiger charge is 2.06. The fraction of sp³-hybridized carbons (Fsp3) is 0.273. The Morgan fingerprint density at radius 1 is 1.43 bits per heavy atom. The summed E-state index contributed by atoms with van der Waals surface area (Å²) >= 11 is 5.16. The molecule has 2 rings (SSSR count). The van der Waals surface area contributed by atoms with Crippen LogP contribution in [0, 0.1) is 6.92 Å². The fourth-order valence-electron chi connectivity index (χ4n) is 1.64. The molecule has 14 heavy (non-hydrogen) atoms. The molecule has 0 saturated carbocycles. The maximum atomic E-state index is 9.17. The highest BCUT2D eigenvalue weighted by Crippen LogP contribution is 2.30. The molecule has 1 nitrogen and oxygen atoms in total. The van der Waals surface area contributed by atoms with Crippen LogP contribution in [0.2, 0.25) is 0 Å². The Kier molecular flexibility index (Phi) is 2.91. The molecule has 1 heterocycles. The second kappa shape index (κ2) is 4.01. The smallest absolute Gasteiger partial charge is 0.0696 e. The van der Waals surface area contributed by atoms with Gasteiger partial charge in [0.1, 0.15) is 0 Å². The van der Waals surface area contributed by atoms with Crippen molar-refractivity contribution in [3.8, 4) is 0 Å². The predicted octanol–water partition coefficient (Wildman–Crippen LogP) is 3.60. The number of hydrogen-bond donors (Lipinski definition) is 1. The number of aliphatic hydroxyl groups excluding tert-OH is 1. The Morgan fingerprint density at radius 3 is 2.86 bits per heavy atom. The maximum absolute atomic E-state index is 9.17. The van der Waals surface area contributed by atoms with Crippen molar-refractivity contribution in [2.75, 3.05) is 0 Å². The molecule has 2 aromatic rings. The van der Waals surface area contributed by atoms with Crippen LogP contribution >= 0.6 is 27.3 Å². The van der Waals surface area contributed by atoms with Gasteiger partial charge in [0.05, 0.1) is 6.61 Å². The van der Waals surface area contributed by atoms with Crippen LogP contribution in [0.15, 0.2) is 17.5 Å². The Balaban J connectivity index is 2.73. The first-order valence-electron chi connectivity index (χ1n) is 4.42. The number of halogens is 1. The van der Waals surface area contributed by atoms with E-state index in [9.17, 15) is 5.11 Å². The van der Waals surface area contributed by atoms with Gasteiger partial charge in [-0.2, -0.15) is 0 Å². The number of aryl methyl sites for hydroxylation is 1. The van der Waals surface area contributed by atoms with E-state index in [0.29, 0.717) is 0 Å². The lowest BCUT2D eigenvalue weighted by atomic mass is 10.1. The first kappa shape index (κ1) is 10.1. The molecule has 3 heteroatoms. The third-order valence-electron chi connectivity index (χ3n) is 2.32. The summed E-state index contributed by atoms with van der Waals surface area (Å²) in [6.07, 6.45) is 0. The summed E-state index contributed by atoms with van der Waals surface area (Å²) < 4.78 is 1.29. The third-order valence-corrected chi connectivity index (χ3v) is 4.15. The normalized spacial score (nSPS) is 11.1. The van der Waals surface area contributed by atoms with Gasteiger partial charge in [-0.25, -0.2) is 0 Å². The van der Waals surface area contributed by atoms with E-state index < -0.39 is 0 Å². The molecule has 0 bridgehead atoms. The number of thiophene rings is 1. The minimum atomic E-state index is 0.130. The lowest BCUT2D eigenvalue weighted by Crippen LogP contribution is -1.84. The van der Waals surface area contributed by atoms with Gasteiger partial charge in [-0.3, -0.25) is 0 Å². The summed E-state index contributed by atoms with van der Waals surface area (Å²) in [6, 6.07) is 4.34. The largest absolute Gasteiger partial charge is 0.392 e. The molecule has 0 saturated heterocycles. The molecule has 0 aliphatic heterocycles. The zero-order valence-corrected chi connectivity index (χ0v) is 10.3. The van der Waals surface area contributed by atoms with Crippen LogP contribution in [0.1, 0.15) is 16.7 Å². The number of benzene rings is 1. The summed E-state index contributed by atoms with van der Waals surface area (Å²) in [4.78, 5) is 0. The van der Waals surface area contributed by atoms with Crippen molar-refractivity contribution >= 4 is 37.4 Å². The van der Waals surface area contributed by atoms with Crippen molar-refractivity contribution < 1.29 is 5.11 Å². The zero-order chi connectivity index (χ0) is 10.1. The lowest BCUT2D eigenvalue weighted by molar-refractivity contribution is 0.284. The van der Waals surface area contributed by atoms with Crippen molar-refractivity contribution in [1.29, 1.82) is 0 Å². The van der Waals surface area contributed by atoms with Crippen LogP contribution < -0.4 is 0 Å². The van der Waals surface area contributed by atoms with Crippen molar-refractivity contribution in [3.63, 3.8) is 0 Å². The molecule has 0 aliphatic rings. The summed E-state index contributed by atoms with van der Waals surface area (Å²) in [7, 11) is 0. The van der Waals surface area contributed by atoms with Crippen LogP contribution in [0.4, 0.5) is 0 Å².